The number of piperazine rings is 1. The van der Waals surface area contributed by atoms with Gasteiger partial charge in [-0.2, -0.15) is 0 Å². The number of para-hydroxylation sites is 1. The SMILES string of the molecule is CCCCCCCN1CCN(CC(c2cccc(Oc3ccccc3)c2)C2(O)CCCCC2)CC1. The summed E-state index contributed by atoms with van der Waals surface area (Å²) in [7, 11) is 0. The summed E-state index contributed by atoms with van der Waals surface area (Å²) in [4.78, 5) is 5.23. The van der Waals surface area contributed by atoms with Crippen molar-refractivity contribution < 1.29 is 9.84 Å². The number of hydrogen-bond acceptors (Lipinski definition) is 4. The Labute approximate surface area is 213 Å². The van der Waals surface area contributed by atoms with Crippen molar-refractivity contribution in [3.8, 4) is 11.5 Å². The van der Waals surface area contributed by atoms with E-state index in [2.05, 4.69) is 34.9 Å². The second-order valence-corrected chi connectivity index (χ2v) is 10.8. The number of unbranched alkanes of at least 4 members (excludes halogenated alkanes) is 4. The molecule has 2 fully saturated rings. The Hall–Kier alpha value is -1.88. The number of hydrogen-bond donors (Lipinski definition) is 1. The maximum absolute atomic E-state index is 11.9. The van der Waals surface area contributed by atoms with E-state index in [0.29, 0.717) is 0 Å². The molecular formula is C31H46N2O2. The fourth-order valence-corrected chi connectivity index (χ4v) is 5.91. The first-order chi connectivity index (χ1) is 17.2. The van der Waals surface area contributed by atoms with Gasteiger partial charge in [0.1, 0.15) is 11.5 Å². The van der Waals surface area contributed by atoms with Crippen LogP contribution in [0.5, 0.6) is 11.5 Å². The summed E-state index contributed by atoms with van der Waals surface area (Å²) in [6.07, 6.45) is 12.0. The molecule has 1 saturated heterocycles. The predicted molar refractivity (Wildman–Crippen MR) is 145 cm³/mol. The van der Waals surface area contributed by atoms with Crippen LogP contribution in [-0.4, -0.2) is 59.8 Å². The van der Waals surface area contributed by atoms with E-state index in [4.69, 9.17) is 4.74 Å². The fraction of sp³-hybridized carbons (Fsp3) is 0.613. The molecule has 2 aliphatic rings. The lowest BCUT2D eigenvalue weighted by molar-refractivity contribution is -0.0343. The van der Waals surface area contributed by atoms with Crippen LogP contribution in [0.2, 0.25) is 0 Å². The van der Waals surface area contributed by atoms with Crippen molar-refractivity contribution in [2.45, 2.75) is 82.7 Å². The van der Waals surface area contributed by atoms with Crippen LogP contribution in [0.15, 0.2) is 54.6 Å². The van der Waals surface area contributed by atoms with E-state index in [9.17, 15) is 5.11 Å². The number of rotatable bonds is 12. The molecule has 0 spiro atoms. The lowest BCUT2D eigenvalue weighted by atomic mass is 9.72. The highest BCUT2D eigenvalue weighted by Crippen LogP contribution is 2.41. The van der Waals surface area contributed by atoms with Gasteiger partial charge < -0.3 is 19.6 Å². The Bertz CT molecular complexity index is 857. The molecule has 35 heavy (non-hydrogen) atoms. The van der Waals surface area contributed by atoms with Gasteiger partial charge in [0.2, 0.25) is 0 Å². The van der Waals surface area contributed by atoms with Crippen LogP contribution in [0.4, 0.5) is 0 Å². The molecule has 0 bridgehead atoms. The zero-order chi connectivity index (χ0) is 24.3. The van der Waals surface area contributed by atoms with Gasteiger partial charge in [-0.25, -0.2) is 0 Å². The molecule has 2 aromatic carbocycles. The number of benzene rings is 2. The summed E-state index contributed by atoms with van der Waals surface area (Å²) in [6.45, 7) is 8.94. The van der Waals surface area contributed by atoms with Gasteiger partial charge in [-0.1, -0.05) is 82.2 Å². The Morgan fingerprint density at radius 2 is 1.49 bits per heavy atom. The lowest BCUT2D eigenvalue weighted by Crippen LogP contribution is -2.51. The van der Waals surface area contributed by atoms with Crippen LogP contribution in [0.3, 0.4) is 0 Å². The third-order valence-electron chi connectivity index (χ3n) is 8.09. The molecule has 1 unspecified atom stereocenters. The molecule has 1 aliphatic carbocycles. The van der Waals surface area contributed by atoms with E-state index in [1.807, 2.05) is 36.4 Å². The highest BCUT2D eigenvalue weighted by molar-refractivity contribution is 5.36. The van der Waals surface area contributed by atoms with Crippen molar-refractivity contribution in [2.75, 3.05) is 39.3 Å². The highest BCUT2D eigenvalue weighted by Gasteiger charge is 2.40. The van der Waals surface area contributed by atoms with E-state index in [0.717, 1.165) is 69.9 Å². The smallest absolute Gasteiger partial charge is 0.127 e. The Balaban J connectivity index is 1.40. The molecular weight excluding hydrogens is 432 g/mol. The van der Waals surface area contributed by atoms with Gasteiger partial charge in [0.15, 0.2) is 0 Å². The molecule has 1 atom stereocenters. The average molecular weight is 479 g/mol. The van der Waals surface area contributed by atoms with Crippen LogP contribution in [0.1, 0.15) is 82.6 Å². The van der Waals surface area contributed by atoms with Gasteiger partial charge in [-0.3, -0.25) is 0 Å². The zero-order valence-corrected chi connectivity index (χ0v) is 21.8. The number of nitrogens with zero attached hydrogens (tertiary/aromatic N) is 2. The first kappa shape index (κ1) is 26.2. The number of ether oxygens (including phenoxy) is 1. The molecule has 0 radical (unpaired) electrons. The minimum atomic E-state index is -0.625. The van der Waals surface area contributed by atoms with Crippen LogP contribution in [0.25, 0.3) is 0 Å². The zero-order valence-electron chi connectivity index (χ0n) is 21.8. The van der Waals surface area contributed by atoms with Crippen molar-refractivity contribution in [1.82, 2.24) is 9.80 Å². The Morgan fingerprint density at radius 3 is 2.23 bits per heavy atom. The van der Waals surface area contributed by atoms with Gasteiger partial charge in [0, 0.05) is 38.6 Å². The molecule has 2 aromatic rings. The van der Waals surface area contributed by atoms with Gasteiger partial charge in [0.05, 0.1) is 5.60 Å². The maximum atomic E-state index is 11.9. The monoisotopic (exact) mass is 478 g/mol. The summed E-state index contributed by atoms with van der Waals surface area (Å²) in [5, 5.41) is 11.9. The minimum Gasteiger partial charge on any atom is -0.457 e. The van der Waals surface area contributed by atoms with Crippen LogP contribution in [0, 0.1) is 0 Å². The van der Waals surface area contributed by atoms with Crippen LogP contribution in [-0.2, 0) is 0 Å². The summed E-state index contributed by atoms with van der Waals surface area (Å²) in [5.41, 5.74) is 0.584. The largest absolute Gasteiger partial charge is 0.457 e. The van der Waals surface area contributed by atoms with Gasteiger partial charge in [-0.15, -0.1) is 0 Å². The normalized spacial score (nSPS) is 19.9. The maximum Gasteiger partial charge on any atom is 0.127 e. The second-order valence-electron chi connectivity index (χ2n) is 10.8. The summed E-state index contributed by atoms with van der Waals surface area (Å²) in [5.74, 6) is 1.82. The second kappa shape index (κ2) is 13.4. The standard InChI is InChI=1S/C31H46N2O2/c1-2-3-4-5-12-20-32-21-23-33(24-22-32)26-30(31(34)18-10-7-11-19-31)27-14-13-17-29(25-27)35-28-15-8-6-9-16-28/h6,8-9,13-17,25,30,34H,2-5,7,10-12,18-24,26H2,1H3. The minimum absolute atomic E-state index is 0.114. The molecule has 1 N–H and O–H groups in total. The summed E-state index contributed by atoms with van der Waals surface area (Å²) >= 11 is 0. The number of aliphatic hydroxyl groups is 1. The van der Waals surface area contributed by atoms with E-state index in [1.54, 1.807) is 0 Å². The predicted octanol–water partition coefficient (Wildman–Crippen LogP) is 6.85. The first-order valence-electron chi connectivity index (χ1n) is 14.2. The average Bonchev–Trinajstić information content (AvgIpc) is 2.89. The lowest BCUT2D eigenvalue weighted by Gasteiger charge is -2.43. The quantitative estimate of drug-likeness (QED) is 0.339. The third kappa shape index (κ3) is 7.80. The van der Waals surface area contributed by atoms with E-state index in [-0.39, 0.29) is 5.92 Å². The highest BCUT2D eigenvalue weighted by atomic mass is 16.5. The third-order valence-corrected chi connectivity index (χ3v) is 8.09. The molecule has 192 valence electrons. The Morgan fingerprint density at radius 1 is 0.800 bits per heavy atom. The van der Waals surface area contributed by atoms with Gasteiger partial charge >= 0.3 is 0 Å². The fourth-order valence-electron chi connectivity index (χ4n) is 5.91. The van der Waals surface area contributed by atoms with Crippen LogP contribution < -0.4 is 4.74 Å². The molecule has 1 aliphatic heterocycles. The van der Waals surface area contributed by atoms with E-state index in [1.165, 1.54) is 50.6 Å². The molecule has 0 aromatic heterocycles. The van der Waals surface area contributed by atoms with Gasteiger partial charge in [-0.05, 0) is 55.6 Å². The molecule has 1 heterocycles. The van der Waals surface area contributed by atoms with Gasteiger partial charge in [0.25, 0.3) is 0 Å². The van der Waals surface area contributed by atoms with Crippen molar-refractivity contribution in [3.05, 3.63) is 60.2 Å². The first-order valence-corrected chi connectivity index (χ1v) is 14.2. The topological polar surface area (TPSA) is 35.9 Å². The van der Waals surface area contributed by atoms with Crippen molar-refractivity contribution in [3.63, 3.8) is 0 Å². The van der Waals surface area contributed by atoms with Crippen molar-refractivity contribution in [1.29, 1.82) is 0 Å². The van der Waals surface area contributed by atoms with E-state index < -0.39 is 5.60 Å². The Kier molecular flexibility index (Phi) is 10.1. The van der Waals surface area contributed by atoms with Crippen molar-refractivity contribution in [2.24, 2.45) is 0 Å². The molecule has 4 nitrogen and oxygen atoms in total. The van der Waals surface area contributed by atoms with Crippen molar-refractivity contribution >= 4 is 0 Å². The molecule has 0 amide bonds. The van der Waals surface area contributed by atoms with E-state index >= 15 is 0 Å². The molecule has 4 heteroatoms. The van der Waals surface area contributed by atoms with Crippen LogP contribution >= 0.6 is 0 Å². The summed E-state index contributed by atoms with van der Waals surface area (Å²) < 4.78 is 6.15. The molecule has 4 rings (SSSR count). The molecule has 1 saturated carbocycles. The summed E-state index contributed by atoms with van der Waals surface area (Å²) in [6, 6.07) is 18.4.